The van der Waals surface area contributed by atoms with Gasteiger partial charge in [0.1, 0.15) is 0 Å². The number of hydrogen-bond acceptors (Lipinski definition) is 4. The number of hydrogen-bond donors (Lipinski definition) is 3. The summed E-state index contributed by atoms with van der Waals surface area (Å²) in [7, 11) is 0. The highest BCUT2D eigenvalue weighted by Gasteiger charge is 2.16. The fourth-order valence-corrected chi connectivity index (χ4v) is 0.980. The Kier molecular flexibility index (Phi) is 6.44. The summed E-state index contributed by atoms with van der Waals surface area (Å²) in [4.78, 5) is 14.5. The molecule has 6 heteroatoms. The predicted molar refractivity (Wildman–Crippen MR) is 57.6 cm³/mol. The van der Waals surface area contributed by atoms with Crippen molar-refractivity contribution in [1.29, 1.82) is 0 Å². The van der Waals surface area contributed by atoms with E-state index >= 15 is 0 Å². The SMILES string of the molecule is CC(C)OC(N)=N[C@@H](CCCN)C(=O)O. The highest BCUT2D eigenvalue weighted by Crippen LogP contribution is 2.02. The Labute approximate surface area is 89.3 Å². The molecular weight excluding hydrogens is 198 g/mol. The lowest BCUT2D eigenvalue weighted by atomic mass is 10.2. The monoisotopic (exact) mass is 217 g/mol. The molecule has 0 saturated carbocycles. The fourth-order valence-electron chi connectivity index (χ4n) is 0.980. The Morgan fingerprint density at radius 1 is 1.53 bits per heavy atom. The molecule has 1 atom stereocenters. The maximum atomic E-state index is 10.8. The summed E-state index contributed by atoms with van der Waals surface area (Å²) in [5.74, 6) is -1.02. The summed E-state index contributed by atoms with van der Waals surface area (Å²) in [6, 6.07) is -0.957. The molecule has 0 aliphatic rings. The molecule has 0 aromatic carbocycles. The molecule has 0 aromatic rings. The number of carboxylic acids is 1. The summed E-state index contributed by atoms with van der Waals surface area (Å²) in [6.07, 6.45) is 0.848. The van der Waals surface area contributed by atoms with Crippen LogP contribution in [0.3, 0.4) is 0 Å². The Hall–Kier alpha value is -1.30. The van der Waals surface area contributed by atoms with Crippen molar-refractivity contribution in [3.05, 3.63) is 0 Å². The first-order chi connectivity index (χ1) is 6.97. The fraction of sp³-hybridized carbons (Fsp3) is 0.778. The molecule has 0 saturated heterocycles. The van der Waals surface area contributed by atoms with Gasteiger partial charge in [0.2, 0.25) is 0 Å². The molecule has 0 aliphatic heterocycles. The Morgan fingerprint density at radius 3 is 2.53 bits per heavy atom. The summed E-state index contributed by atoms with van der Waals surface area (Å²) in [6.45, 7) is 4.01. The number of nitrogens with two attached hydrogens (primary N) is 2. The molecule has 0 radical (unpaired) electrons. The van der Waals surface area contributed by atoms with Gasteiger partial charge < -0.3 is 21.3 Å². The lowest BCUT2D eigenvalue weighted by molar-refractivity contribution is -0.138. The van der Waals surface area contributed by atoms with Gasteiger partial charge in [-0.15, -0.1) is 0 Å². The van der Waals surface area contributed by atoms with Crippen LogP contribution >= 0.6 is 0 Å². The molecule has 0 heterocycles. The number of carbonyl (C=O) groups is 1. The molecule has 0 unspecified atom stereocenters. The molecule has 0 bridgehead atoms. The van der Waals surface area contributed by atoms with E-state index in [1.165, 1.54) is 0 Å². The van der Waals surface area contributed by atoms with E-state index in [9.17, 15) is 4.79 Å². The number of nitrogens with zero attached hydrogens (tertiary/aromatic N) is 1. The Balaban J connectivity index is 4.30. The maximum absolute atomic E-state index is 10.8. The number of carboxylic acid groups (broad SMARTS) is 1. The summed E-state index contributed by atoms with van der Waals surface area (Å²) in [5, 5.41) is 8.82. The first-order valence-electron chi connectivity index (χ1n) is 4.90. The van der Waals surface area contributed by atoms with Crippen LogP contribution in [0.15, 0.2) is 4.99 Å². The van der Waals surface area contributed by atoms with Gasteiger partial charge in [0, 0.05) is 0 Å². The van der Waals surface area contributed by atoms with E-state index in [1.54, 1.807) is 13.8 Å². The van der Waals surface area contributed by atoms with Crippen molar-refractivity contribution in [3.63, 3.8) is 0 Å². The van der Waals surface area contributed by atoms with Gasteiger partial charge in [0.05, 0.1) is 6.10 Å². The van der Waals surface area contributed by atoms with Crippen LogP contribution < -0.4 is 11.5 Å². The summed E-state index contributed by atoms with van der Waals surface area (Å²) >= 11 is 0. The molecule has 0 amide bonds. The van der Waals surface area contributed by atoms with Crippen LogP contribution in [-0.4, -0.2) is 35.8 Å². The normalized spacial score (nSPS) is 14.0. The van der Waals surface area contributed by atoms with E-state index in [-0.39, 0.29) is 12.1 Å². The van der Waals surface area contributed by atoms with Crippen molar-refractivity contribution in [2.24, 2.45) is 16.5 Å². The molecule has 0 aliphatic carbocycles. The second kappa shape index (κ2) is 7.05. The summed E-state index contributed by atoms with van der Waals surface area (Å²) < 4.78 is 5.04. The maximum Gasteiger partial charge on any atom is 0.328 e. The van der Waals surface area contributed by atoms with Crippen molar-refractivity contribution in [3.8, 4) is 0 Å². The third-order valence-corrected chi connectivity index (χ3v) is 1.61. The number of rotatable bonds is 6. The van der Waals surface area contributed by atoms with Gasteiger partial charge in [-0.05, 0) is 33.2 Å². The molecule has 0 aromatic heterocycles. The summed E-state index contributed by atoms with van der Waals surface area (Å²) in [5.41, 5.74) is 10.7. The van der Waals surface area contributed by atoms with Crippen LogP contribution in [0.4, 0.5) is 0 Å². The van der Waals surface area contributed by atoms with Gasteiger partial charge in [0.25, 0.3) is 6.02 Å². The smallest absolute Gasteiger partial charge is 0.328 e. The van der Waals surface area contributed by atoms with Crippen LogP contribution in [-0.2, 0) is 9.53 Å². The Bertz CT molecular complexity index is 229. The van der Waals surface area contributed by atoms with Gasteiger partial charge in [-0.2, -0.15) is 0 Å². The van der Waals surface area contributed by atoms with Crippen molar-refractivity contribution >= 4 is 12.0 Å². The Morgan fingerprint density at radius 2 is 2.13 bits per heavy atom. The van der Waals surface area contributed by atoms with Gasteiger partial charge in [-0.25, -0.2) is 9.79 Å². The predicted octanol–water partition coefficient (Wildman–Crippen LogP) is -0.0818. The molecule has 88 valence electrons. The zero-order valence-electron chi connectivity index (χ0n) is 9.14. The number of amidine groups is 1. The lowest BCUT2D eigenvalue weighted by Crippen LogP contribution is -2.27. The zero-order chi connectivity index (χ0) is 11.8. The molecule has 6 nitrogen and oxygen atoms in total. The minimum Gasteiger partial charge on any atom is -0.480 e. The largest absolute Gasteiger partial charge is 0.480 e. The molecule has 0 spiro atoms. The third-order valence-electron chi connectivity index (χ3n) is 1.61. The van der Waals surface area contributed by atoms with Gasteiger partial charge >= 0.3 is 5.97 Å². The lowest BCUT2D eigenvalue weighted by Gasteiger charge is -2.11. The third kappa shape index (κ3) is 6.73. The average Bonchev–Trinajstić information content (AvgIpc) is 2.10. The first-order valence-corrected chi connectivity index (χ1v) is 4.90. The second-order valence-corrected chi connectivity index (χ2v) is 3.42. The zero-order valence-corrected chi connectivity index (χ0v) is 9.14. The second-order valence-electron chi connectivity index (χ2n) is 3.42. The molecule has 5 N–H and O–H groups in total. The van der Waals surface area contributed by atoms with Crippen LogP contribution in [0.5, 0.6) is 0 Å². The molecule has 0 fully saturated rings. The average molecular weight is 217 g/mol. The van der Waals surface area contributed by atoms with Crippen LogP contribution in [0.25, 0.3) is 0 Å². The highest BCUT2D eigenvalue weighted by molar-refractivity contribution is 5.79. The van der Waals surface area contributed by atoms with E-state index in [1.807, 2.05) is 0 Å². The van der Waals surface area contributed by atoms with E-state index in [0.29, 0.717) is 19.4 Å². The van der Waals surface area contributed by atoms with Crippen LogP contribution in [0.1, 0.15) is 26.7 Å². The number of aliphatic carboxylic acids is 1. The van der Waals surface area contributed by atoms with Crippen LogP contribution in [0, 0.1) is 0 Å². The van der Waals surface area contributed by atoms with Gasteiger partial charge in [0.15, 0.2) is 6.04 Å². The van der Waals surface area contributed by atoms with E-state index in [0.717, 1.165) is 0 Å². The van der Waals surface area contributed by atoms with Crippen molar-refractivity contribution in [1.82, 2.24) is 0 Å². The highest BCUT2D eigenvalue weighted by atomic mass is 16.5. The molecule has 0 rings (SSSR count). The first kappa shape index (κ1) is 13.7. The van der Waals surface area contributed by atoms with Gasteiger partial charge in [-0.1, -0.05) is 0 Å². The minimum atomic E-state index is -1.02. The molecular formula is C9H19N3O3. The number of aliphatic imine (C=N–C) groups is 1. The van der Waals surface area contributed by atoms with E-state index in [4.69, 9.17) is 21.3 Å². The molecule has 15 heavy (non-hydrogen) atoms. The van der Waals surface area contributed by atoms with Gasteiger partial charge in [-0.3, -0.25) is 0 Å². The topological polar surface area (TPSA) is 111 Å². The quantitative estimate of drug-likeness (QED) is 0.425. The van der Waals surface area contributed by atoms with Crippen molar-refractivity contribution in [2.45, 2.75) is 38.8 Å². The van der Waals surface area contributed by atoms with Crippen molar-refractivity contribution < 1.29 is 14.6 Å². The van der Waals surface area contributed by atoms with E-state index < -0.39 is 12.0 Å². The minimum absolute atomic E-state index is 0.0885. The van der Waals surface area contributed by atoms with Crippen molar-refractivity contribution in [2.75, 3.05) is 6.54 Å². The standard InChI is InChI=1S/C9H19N3O3/c1-6(2)15-9(11)12-7(8(13)14)4-3-5-10/h6-7H,3-5,10H2,1-2H3,(H2,11,12)(H,13,14)/t7-/m0/s1. The van der Waals surface area contributed by atoms with E-state index in [2.05, 4.69) is 4.99 Å². The van der Waals surface area contributed by atoms with Crippen LogP contribution in [0.2, 0.25) is 0 Å². The number of ether oxygens (including phenoxy) is 1.